The number of ether oxygens (including phenoxy) is 2. The second-order valence-corrected chi connectivity index (χ2v) is 7.84. The van der Waals surface area contributed by atoms with Crippen LogP contribution in [0.4, 0.5) is 5.69 Å². The van der Waals surface area contributed by atoms with Gasteiger partial charge in [-0.05, 0) is 37.8 Å². The third kappa shape index (κ3) is 4.15. The lowest BCUT2D eigenvalue weighted by Gasteiger charge is -2.38. The van der Waals surface area contributed by atoms with Crippen molar-refractivity contribution in [2.24, 2.45) is 0 Å². The highest BCUT2D eigenvalue weighted by atomic mass is 16.5. The number of hydrogen-bond donors (Lipinski definition) is 1. The van der Waals surface area contributed by atoms with E-state index in [0.29, 0.717) is 51.4 Å². The summed E-state index contributed by atoms with van der Waals surface area (Å²) in [7, 11) is 0. The van der Waals surface area contributed by atoms with Crippen LogP contribution in [0, 0.1) is 11.3 Å². The number of carbonyl (C=O) groups is 2. The summed E-state index contributed by atoms with van der Waals surface area (Å²) in [5, 5.41) is 12.5. The molecular formula is C21H26N4O4. The minimum atomic E-state index is -0.758. The van der Waals surface area contributed by atoms with Gasteiger partial charge in [0.25, 0.3) is 5.91 Å². The molecule has 2 aliphatic heterocycles. The molecule has 1 aromatic rings. The maximum absolute atomic E-state index is 12.9. The minimum Gasteiger partial charge on any atom is -0.477 e. The van der Waals surface area contributed by atoms with Crippen molar-refractivity contribution >= 4 is 17.5 Å². The Morgan fingerprint density at radius 2 is 1.93 bits per heavy atom. The first-order valence-corrected chi connectivity index (χ1v) is 10.2. The van der Waals surface area contributed by atoms with E-state index >= 15 is 0 Å². The predicted octanol–water partition coefficient (Wildman–Crippen LogP) is 1.07. The van der Waals surface area contributed by atoms with Crippen LogP contribution in [-0.4, -0.2) is 67.7 Å². The van der Waals surface area contributed by atoms with Crippen LogP contribution in [0.15, 0.2) is 24.3 Å². The van der Waals surface area contributed by atoms with Crippen molar-refractivity contribution in [2.45, 2.75) is 37.3 Å². The number of morpholine rings is 1. The van der Waals surface area contributed by atoms with E-state index in [0.717, 1.165) is 18.5 Å². The van der Waals surface area contributed by atoms with Crippen LogP contribution in [0.5, 0.6) is 5.75 Å². The van der Waals surface area contributed by atoms with E-state index in [-0.39, 0.29) is 18.4 Å². The average molecular weight is 398 g/mol. The van der Waals surface area contributed by atoms with Crippen molar-refractivity contribution in [1.29, 1.82) is 5.26 Å². The topological polar surface area (TPSA) is 94.9 Å². The highest BCUT2D eigenvalue weighted by Gasteiger charge is 2.38. The lowest BCUT2D eigenvalue weighted by molar-refractivity contribution is -0.142. The molecule has 1 N–H and O–H groups in total. The fraction of sp³-hybridized carbons (Fsp3) is 0.571. The molecule has 0 spiro atoms. The maximum atomic E-state index is 12.9. The summed E-state index contributed by atoms with van der Waals surface area (Å²) in [6.45, 7) is 2.52. The molecule has 8 nitrogen and oxygen atoms in total. The van der Waals surface area contributed by atoms with Gasteiger partial charge in [0.2, 0.25) is 5.91 Å². The average Bonchev–Trinajstić information content (AvgIpc) is 3.22. The van der Waals surface area contributed by atoms with Crippen LogP contribution >= 0.6 is 0 Å². The van der Waals surface area contributed by atoms with Gasteiger partial charge in [0.05, 0.1) is 38.1 Å². The number of rotatable bonds is 4. The number of carbonyl (C=O) groups excluding carboxylic acids is 2. The van der Waals surface area contributed by atoms with E-state index in [1.54, 1.807) is 4.90 Å². The maximum Gasteiger partial charge on any atom is 0.265 e. The Morgan fingerprint density at radius 1 is 1.21 bits per heavy atom. The summed E-state index contributed by atoms with van der Waals surface area (Å²) >= 11 is 0. The van der Waals surface area contributed by atoms with Crippen molar-refractivity contribution in [3.8, 4) is 11.8 Å². The van der Waals surface area contributed by atoms with E-state index in [9.17, 15) is 14.9 Å². The van der Waals surface area contributed by atoms with Gasteiger partial charge < -0.3 is 24.6 Å². The van der Waals surface area contributed by atoms with Gasteiger partial charge in [0.15, 0.2) is 6.10 Å². The van der Waals surface area contributed by atoms with Crippen molar-refractivity contribution in [3.63, 3.8) is 0 Å². The largest absolute Gasteiger partial charge is 0.477 e. The Labute approximate surface area is 170 Å². The smallest absolute Gasteiger partial charge is 0.265 e. The molecule has 29 heavy (non-hydrogen) atoms. The third-order valence-corrected chi connectivity index (χ3v) is 5.84. The first kappa shape index (κ1) is 19.5. The summed E-state index contributed by atoms with van der Waals surface area (Å²) in [4.78, 5) is 29.3. The molecule has 2 amide bonds. The van der Waals surface area contributed by atoms with Crippen LogP contribution in [0.3, 0.4) is 0 Å². The molecule has 154 valence electrons. The summed E-state index contributed by atoms with van der Waals surface area (Å²) < 4.78 is 11.3. The predicted molar refractivity (Wildman–Crippen MR) is 105 cm³/mol. The molecule has 1 saturated heterocycles. The van der Waals surface area contributed by atoms with Gasteiger partial charge in [-0.25, -0.2) is 0 Å². The molecule has 1 unspecified atom stereocenters. The van der Waals surface area contributed by atoms with E-state index in [2.05, 4.69) is 11.4 Å². The summed E-state index contributed by atoms with van der Waals surface area (Å²) in [6.07, 6.45) is 2.60. The van der Waals surface area contributed by atoms with Crippen LogP contribution in [-0.2, 0) is 14.3 Å². The standard InChI is InChI=1S/C21H26N4O4/c22-15-21(7-3-4-8-21)23-19(26)14-25-13-18(20(27)24-9-11-28-12-10-24)29-17-6-2-1-5-16(17)25/h1-2,5-6,18H,3-4,7-14H2,(H,23,26). The van der Waals surface area contributed by atoms with Gasteiger partial charge in [0.1, 0.15) is 11.3 Å². The molecule has 0 bridgehead atoms. The SMILES string of the molecule is N#CC1(NC(=O)CN2CC(C(=O)N3CCOCC3)Oc3ccccc32)CCCC1. The fourth-order valence-corrected chi connectivity index (χ4v) is 4.30. The molecule has 0 aromatic heterocycles. The quantitative estimate of drug-likeness (QED) is 0.815. The van der Waals surface area contributed by atoms with Gasteiger partial charge in [-0.2, -0.15) is 5.26 Å². The lowest BCUT2D eigenvalue weighted by atomic mass is 10.00. The number of anilines is 1. The summed E-state index contributed by atoms with van der Waals surface area (Å²) in [6, 6.07) is 9.71. The second-order valence-electron chi connectivity index (χ2n) is 7.84. The Bertz CT molecular complexity index is 809. The number of amides is 2. The number of nitriles is 1. The zero-order valence-electron chi connectivity index (χ0n) is 16.4. The molecule has 4 rings (SSSR count). The molecule has 1 aliphatic carbocycles. The second kappa shape index (κ2) is 8.29. The van der Waals surface area contributed by atoms with Gasteiger partial charge in [-0.1, -0.05) is 12.1 Å². The van der Waals surface area contributed by atoms with Crippen molar-refractivity contribution in [3.05, 3.63) is 24.3 Å². The lowest BCUT2D eigenvalue weighted by Crippen LogP contribution is -2.55. The summed E-state index contributed by atoms with van der Waals surface area (Å²) in [5.41, 5.74) is 0.0254. The molecule has 2 heterocycles. The van der Waals surface area contributed by atoms with Crippen LogP contribution in [0.25, 0.3) is 0 Å². The third-order valence-electron chi connectivity index (χ3n) is 5.84. The number of para-hydroxylation sites is 2. The Balaban J connectivity index is 1.48. The van der Waals surface area contributed by atoms with Gasteiger partial charge >= 0.3 is 0 Å². The van der Waals surface area contributed by atoms with Crippen molar-refractivity contribution in [1.82, 2.24) is 10.2 Å². The molecule has 0 radical (unpaired) electrons. The first-order chi connectivity index (χ1) is 14.1. The highest BCUT2D eigenvalue weighted by molar-refractivity contribution is 5.86. The monoisotopic (exact) mass is 398 g/mol. The molecule has 8 heteroatoms. The Hall–Kier alpha value is -2.79. The highest BCUT2D eigenvalue weighted by Crippen LogP contribution is 2.34. The normalized spacial score (nSPS) is 22.9. The number of nitrogens with one attached hydrogen (secondary N) is 1. The van der Waals surface area contributed by atoms with Crippen LogP contribution < -0.4 is 15.0 Å². The van der Waals surface area contributed by atoms with Crippen LogP contribution in [0.2, 0.25) is 0 Å². The number of hydrogen-bond acceptors (Lipinski definition) is 6. The Morgan fingerprint density at radius 3 is 2.66 bits per heavy atom. The molecular weight excluding hydrogens is 372 g/mol. The number of benzene rings is 1. The van der Waals surface area contributed by atoms with E-state index < -0.39 is 11.6 Å². The summed E-state index contributed by atoms with van der Waals surface area (Å²) in [5.74, 6) is 0.300. The zero-order valence-corrected chi connectivity index (χ0v) is 16.4. The van der Waals surface area contributed by atoms with E-state index in [4.69, 9.17) is 9.47 Å². The number of nitrogens with zero attached hydrogens (tertiary/aromatic N) is 3. The molecule has 1 atom stereocenters. The fourth-order valence-electron chi connectivity index (χ4n) is 4.30. The van der Waals surface area contributed by atoms with E-state index in [1.807, 2.05) is 29.2 Å². The van der Waals surface area contributed by atoms with Crippen molar-refractivity contribution < 1.29 is 19.1 Å². The first-order valence-electron chi connectivity index (χ1n) is 10.2. The number of fused-ring (bicyclic) bond motifs is 1. The minimum absolute atomic E-state index is 0.0801. The van der Waals surface area contributed by atoms with Gasteiger partial charge in [-0.15, -0.1) is 0 Å². The van der Waals surface area contributed by atoms with Gasteiger partial charge in [0, 0.05) is 13.1 Å². The van der Waals surface area contributed by atoms with Crippen molar-refractivity contribution in [2.75, 3.05) is 44.3 Å². The molecule has 3 aliphatic rings. The molecule has 1 aromatic carbocycles. The van der Waals surface area contributed by atoms with Crippen LogP contribution in [0.1, 0.15) is 25.7 Å². The van der Waals surface area contributed by atoms with Gasteiger partial charge in [-0.3, -0.25) is 9.59 Å². The molecule has 1 saturated carbocycles. The molecule has 2 fully saturated rings. The Kier molecular flexibility index (Phi) is 5.58. The van der Waals surface area contributed by atoms with E-state index in [1.165, 1.54) is 0 Å². The zero-order chi connectivity index (χ0) is 20.3.